The van der Waals surface area contributed by atoms with Gasteiger partial charge in [0.2, 0.25) is 0 Å². The highest BCUT2D eigenvalue weighted by atomic mass is 35.5. The highest BCUT2D eigenvalue weighted by Gasteiger charge is 2.33. The molecule has 0 bridgehead atoms. The summed E-state index contributed by atoms with van der Waals surface area (Å²) in [4.78, 5) is 26.0. The van der Waals surface area contributed by atoms with E-state index in [1.54, 1.807) is 0 Å². The second-order valence-electron chi connectivity index (χ2n) is 8.14. The third kappa shape index (κ3) is 4.70. The summed E-state index contributed by atoms with van der Waals surface area (Å²) in [5.41, 5.74) is 4.02. The number of anilines is 1. The molecule has 1 aliphatic heterocycles. The van der Waals surface area contributed by atoms with Crippen molar-refractivity contribution in [3.8, 4) is 11.3 Å². The predicted octanol–water partition coefficient (Wildman–Crippen LogP) is 5.61. The normalized spacial score (nSPS) is 15.6. The van der Waals surface area contributed by atoms with Gasteiger partial charge in [0, 0.05) is 29.2 Å². The molecule has 0 radical (unpaired) electrons. The summed E-state index contributed by atoms with van der Waals surface area (Å²) in [6.07, 6.45) is 3.62. The highest BCUT2D eigenvalue weighted by molar-refractivity contribution is 6.30. The van der Waals surface area contributed by atoms with Crippen molar-refractivity contribution in [1.82, 2.24) is 9.78 Å². The Balaban J connectivity index is 1.64. The SMILES string of the molecule is CCCCC1CN(c2ccc(CCC(=O)O)cc2)C(=O)c2cc(-c3ccc(Cl)cc3)nn21. The molecule has 4 rings (SSSR count). The molecule has 0 saturated heterocycles. The fourth-order valence-corrected chi connectivity index (χ4v) is 4.20. The standard InChI is InChI=1S/C25H26ClN3O3/c1-2-3-4-21-16-28(20-12-5-17(6-13-20)7-14-24(30)31)25(32)23-15-22(27-29(21)23)18-8-10-19(26)11-9-18/h5-6,8-13,15,21H,2-4,7,14,16H2,1H3,(H,30,31). The van der Waals surface area contributed by atoms with Crippen molar-refractivity contribution in [2.24, 2.45) is 0 Å². The number of carboxylic acids is 1. The molecule has 1 amide bonds. The molecule has 1 unspecified atom stereocenters. The van der Waals surface area contributed by atoms with E-state index in [1.807, 2.05) is 64.2 Å². The van der Waals surface area contributed by atoms with Crippen LogP contribution in [0, 0.1) is 0 Å². The lowest BCUT2D eigenvalue weighted by molar-refractivity contribution is -0.136. The zero-order chi connectivity index (χ0) is 22.7. The van der Waals surface area contributed by atoms with Crippen molar-refractivity contribution < 1.29 is 14.7 Å². The number of unbranched alkanes of at least 4 members (excludes halogenated alkanes) is 1. The molecule has 2 aromatic carbocycles. The van der Waals surface area contributed by atoms with Crippen LogP contribution in [0.25, 0.3) is 11.3 Å². The van der Waals surface area contributed by atoms with Gasteiger partial charge in [-0.15, -0.1) is 0 Å². The molecule has 166 valence electrons. The van der Waals surface area contributed by atoms with Crippen LogP contribution in [-0.4, -0.2) is 33.3 Å². The minimum absolute atomic E-state index is 0.0799. The zero-order valence-electron chi connectivity index (χ0n) is 18.0. The van der Waals surface area contributed by atoms with Gasteiger partial charge in [-0.1, -0.05) is 55.6 Å². The molecule has 32 heavy (non-hydrogen) atoms. The molecule has 0 fully saturated rings. The van der Waals surface area contributed by atoms with Crippen LogP contribution in [0.1, 0.15) is 54.7 Å². The number of hydrogen-bond acceptors (Lipinski definition) is 3. The molecule has 1 atom stereocenters. The smallest absolute Gasteiger partial charge is 0.303 e. The number of carbonyl (C=O) groups excluding carboxylic acids is 1. The van der Waals surface area contributed by atoms with Gasteiger partial charge in [-0.3, -0.25) is 14.3 Å². The number of carbonyl (C=O) groups is 2. The van der Waals surface area contributed by atoms with E-state index in [0.29, 0.717) is 23.7 Å². The van der Waals surface area contributed by atoms with Gasteiger partial charge in [-0.25, -0.2) is 0 Å². The molecule has 0 spiro atoms. The lowest BCUT2D eigenvalue weighted by Gasteiger charge is -2.33. The number of halogens is 1. The molecular formula is C25H26ClN3O3. The van der Waals surface area contributed by atoms with Crippen molar-refractivity contribution in [2.75, 3.05) is 11.4 Å². The van der Waals surface area contributed by atoms with E-state index >= 15 is 0 Å². The first-order valence-electron chi connectivity index (χ1n) is 10.9. The summed E-state index contributed by atoms with van der Waals surface area (Å²) in [5, 5.41) is 14.3. The zero-order valence-corrected chi connectivity index (χ0v) is 18.8. The second kappa shape index (κ2) is 9.57. The number of carboxylic acid groups (broad SMARTS) is 1. The number of fused-ring (bicyclic) bond motifs is 1. The predicted molar refractivity (Wildman–Crippen MR) is 125 cm³/mol. The molecule has 0 saturated carbocycles. The lowest BCUT2D eigenvalue weighted by Crippen LogP contribution is -2.43. The van der Waals surface area contributed by atoms with Crippen molar-refractivity contribution in [2.45, 2.75) is 45.1 Å². The molecule has 6 nitrogen and oxygen atoms in total. The van der Waals surface area contributed by atoms with E-state index < -0.39 is 5.97 Å². The number of benzene rings is 2. The number of aromatic nitrogens is 2. The Morgan fingerprint density at radius 3 is 2.53 bits per heavy atom. The molecule has 7 heteroatoms. The summed E-state index contributed by atoms with van der Waals surface area (Å²) >= 11 is 6.02. The van der Waals surface area contributed by atoms with Gasteiger partial charge in [0.25, 0.3) is 5.91 Å². The van der Waals surface area contributed by atoms with Gasteiger partial charge < -0.3 is 10.0 Å². The average molecular weight is 452 g/mol. The molecule has 0 aliphatic carbocycles. The monoisotopic (exact) mass is 451 g/mol. The maximum absolute atomic E-state index is 13.4. The fourth-order valence-electron chi connectivity index (χ4n) is 4.07. The molecule has 1 N–H and O–H groups in total. The third-order valence-electron chi connectivity index (χ3n) is 5.85. The molecule has 1 aromatic heterocycles. The Morgan fingerprint density at radius 1 is 1.16 bits per heavy atom. The Kier molecular flexibility index (Phi) is 6.61. The van der Waals surface area contributed by atoms with Crippen LogP contribution in [0.5, 0.6) is 0 Å². The number of aliphatic carboxylic acids is 1. The van der Waals surface area contributed by atoms with Crippen LogP contribution >= 0.6 is 11.6 Å². The second-order valence-corrected chi connectivity index (χ2v) is 8.57. The van der Waals surface area contributed by atoms with Gasteiger partial charge in [-0.2, -0.15) is 5.10 Å². The van der Waals surface area contributed by atoms with Crippen LogP contribution in [0.3, 0.4) is 0 Å². The summed E-state index contributed by atoms with van der Waals surface area (Å²) < 4.78 is 1.89. The van der Waals surface area contributed by atoms with Crippen molar-refractivity contribution in [3.05, 3.63) is 70.9 Å². The summed E-state index contributed by atoms with van der Waals surface area (Å²) in [5.74, 6) is -0.896. The maximum Gasteiger partial charge on any atom is 0.303 e. The third-order valence-corrected chi connectivity index (χ3v) is 6.10. The van der Waals surface area contributed by atoms with E-state index in [0.717, 1.165) is 41.8 Å². The Morgan fingerprint density at radius 2 is 1.88 bits per heavy atom. The fraction of sp³-hybridized carbons (Fsp3) is 0.320. The molecule has 2 heterocycles. The topological polar surface area (TPSA) is 75.4 Å². The first kappa shape index (κ1) is 22.1. The van der Waals surface area contributed by atoms with Crippen molar-refractivity contribution in [1.29, 1.82) is 0 Å². The minimum atomic E-state index is -0.816. The average Bonchev–Trinajstić information content (AvgIpc) is 3.24. The number of amides is 1. The van der Waals surface area contributed by atoms with E-state index in [2.05, 4.69) is 6.92 Å². The van der Waals surface area contributed by atoms with Gasteiger partial charge in [0.05, 0.1) is 11.7 Å². The summed E-state index contributed by atoms with van der Waals surface area (Å²) in [6, 6.07) is 17.0. The van der Waals surface area contributed by atoms with E-state index in [4.69, 9.17) is 21.8 Å². The number of aryl methyl sites for hydroxylation is 1. The molecule has 1 aliphatic rings. The minimum Gasteiger partial charge on any atom is -0.481 e. The maximum atomic E-state index is 13.4. The summed E-state index contributed by atoms with van der Waals surface area (Å²) in [7, 11) is 0. The van der Waals surface area contributed by atoms with Crippen LogP contribution in [-0.2, 0) is 11.2 Å². The van der Waals surface area contributed by atoms with Crippen LogP contribution in [0.4, 0.5) is 5.69 Å². The van der Waals surface area contributed by atoms with Gasteiger partial charge in [0.1, 0.15) is 5.69 Å². The van der Waals surface area contributed by atoms with Gasteiger partial charge in [0.15, 0.2) is 0 Å². The van der Waals surface area contributed by atoms with E-state index in [9.17, 15) is 9.59 Å². The van der Waals surface area contributed by atoms with E-state index in [-0.39, 0.29) is 18.4 Å². The number of nitrogens with zero attached hydrogens (tertiary/aromatic N) is 3. The number of rotatable bonds is 8. The van der Waals surface area contributed by atoms with Crippen LogP contribution < -0.4 is 4.90 Å². The first-order valence-corrected chi connectivity index (χ1v) is 11.3. The highest BCUT2D eigenvalue weighted by Crippen LogP contribution is 2.32. The van der Waals surface area contributed by atoms with Crippen LogP contribution in [0.15, 0.2) is 54.6 Å². The Bertz CT molecular complexity index is 1110. The molecular weight excluding hydrogens is 426 g/mol. The van der Waals surface area contributed by atoms with Crippen LogP contribution in [0.2, 0.25) is 5.02 Å². The van der Waals surface area contributed by atoms with Crippen molar-refractivity contribution >= 4 is 29.2 Å². The van der Waals surface area contributed by atoms with Gasteiger partial charge >= 0.3 is 5.97 Å². The van der Waals surface area contributed by atoms with Gasteiger partial charge in [-0.05, 0) is 48.7 Å². The first-order chi connectivity index (χ1) is 15.5. The summed E-state index contributed by atoms with van der Waals surface area (Å²) in [6.45, 7) is 2.72. The number of hydrogen-bond donors (Lipinski definition) is 1. The quantitative estimate of drug-likeness (QED) is 0.482. The lowest BCUT2D eigenvalue weighted by atomic mass is 10.0. The Labute approximate surface area is 192 Å². The largest absolute Gasteiger partial charge is 0.481 e. The van der Waals surface area contributed by atoms with Crippen molar-refractivity contribution in [3.63, 3.8) is 0 Å². The Hall–Kier alpha value is -3.12. The molecule has 3 aromatic rings. The van der Waals surface area contributed by atoms with E-state index in [1.165, 1.54) is 0 Å².